The summed E-state index contributed by atoms with van der Waals surface area (Å²) in [5.74, 6) is 0.409. The van der Waals surface area contributed by atoms with Gasteiger partial charge in [-0.1, -0.05) is 20.8 Å². The van der Waals surface area contributed by atoms with Gasteiger partial charge in [0.2, 0.25) is 0 Å². The lowest BCUT2D eigenvalue weighted by Crippen LogP contribution is -2.68. The van der Waals surface area contributed by atoms with Crippen LogP contribution in [0, 0.1) is 5.92 Å². The fourth-order valence-corrected chi connectivity index (χ4v) is 2.27. The van der Waals surface area contributed by atoms with E-state index in [-0.39, 0.29) is 18.4 Å². The Morgan fingerprint density at radius 3 is 1.72 bits per heavy atom. The molecule has 0 aromatic rings. The van der Waals surface area contributed by atoms with Crippen LogP contribution in [-0.4, -0.2) is 41.5 Å². The van der Waals surface area contributed by atoms with Crippen LogP contribution in [0.5, 0.6) is 0 Å². The maximum Gasteiger partial charge on any atom is 0.0718 e. The molecule has 3 atom stereocenters. The zero-order valence-corrected chi connectivity index (χ0v) is 12.0. The van der Waals surface area contributed by atoms with Crippen molar-refractivity contribution >= 4 is 0 Å². The summed E-state index contributed by atoms with van der Waals surface area (Å²) in [5, 5.41) is 4.14. The summed E-state index contributed by atoms with van der Waals surface area (Å²) in [4.78, 5) is 0. The largest absolute Gasteiger partial charge is 0.327 e. The molecule has 0 radical (unpaired) electrons. The summed E-state index contributed by atoms with van der Waals surface area (Å²) < 4.78 is 0. The van der Waals surface area contributed by atoms with Gasteiger partial charge in [0.05, 0.1) is 12.3 Å². The Labute approximate surface area is 111 Å². The first kappa shape index (κ1) is 15.8. The van der Waals surface area contributed by atoms with E-state index in [1.165, 1.54) is 0 Å². The Morgan fingerprint density at radius 1 is 0.944 bits per heavy atom. The summed E-state index contributed by atoms with van der Waals surface area (Å²) in [5.41, 5.74) is 21.7. The Morgan fingerprint density at radius 2 is 1.39 bits per heavy atom. The van der Waals surface area contributed by atoms with Crippen LogP contribution in [0.15, 0.2) is 0 Å². The first-order valence-corrected chi connectivity index (χ1v) is 7.09. The molecule has 1 rings (SSSR count). The van der Waals surface area contributed by atoms with Crippen LogP contribution in [0.2, 0.25) is 0 Å². The highest BCUT2D eigenvalue weighted by atomic mass is 15.8. The molecular formula is C12H30N6. The molecule has 1 aliphatic rings. The maximum atomic E-state index is 6.19. The molecule has 0 saturated carbocycles. The van der Waals surface area contributed by atoms with Crippen LogP contribution in [-0.2, 0) is 0 Å². The molecule has 1 heterocycles. The zero-order chi connectivity index (χ0) is 13.7. The molecule has 1 aliphatic heterocycles. The van der Waals surface area contributed by atoms with Gasteiger partial charge in [-0.3, -0.25) is 0 Å². The monoisotopic (exact) mass is 258 g/mol. The Kier molecular flexibility index (Phi) is 6.48. The maximum absolute atomic E-state index is 6.19. The molecule has 1 fully saturated rings. The van der Waals surface area contributed by atoms with Gasteiger partial charge in [-0.05, 0) is 19.3 Å². The van der Waals surface area contributed by atoms with Gasteiger partial charge >= 0.3 is 0 Å². The van der Waals surface area contributed by atoms with Gasteiger partial charge in [0.1, 0.15) is 0 Å². The highest BCUT2D eigenvalue weighted by Gasteiger charge is 2.32. The molecule has 7 N–H and O–H groups in total. The number of rotatable bonds is 6. The van der Waals surface area contributed by atoms with E-state index in [1.54, 1.807) is 0 Å². The average molecular weight is 258 g/mol. The average Bonchev–Trinajstić information content (AvgIpc) is 2.43. The van der Waals surface area contributed by atoms with Crippen molar-refractivity contribution in [3.63, 3.8) is 0 Å². The van der Waals surface area contributed by atoms with Gasteiger partial charge in [0.25, 0.3) is 0 Å². The third kappa shape index (κ3) is 3.88. The van der Waals surface area contributed by atoms with Crippen molar-refractivity contribution in [1.82, 2.24) is 15.6 Å². The van der Waals surface area contributed by atoms with Crippen LogP contribution in [0.1, 0.15) is 40.0 Å². The Hall–Kier alpha value is -0.240. The van der Waals surface area contributed by atoms with E-state index in [0.717, 1.165) is 32.4 Å². The van der Waals surface area contributed by atoms with Crippen molar-refractivity contribution in [1.29, 1.82) is 0 Å². The van der Waals surface area contributed by atoms with Gasteiger partial charge in [0, 0.05) is 25.0 Å². The third-order valence-corrected chi connectivity index (χ3v) is 3.83. The molecular weight excluding hydrogens is 228 g/mol. The quantitative estimate of drug-likeness (QED) is 0.525. The van der Waals surface area contributed by atoms with E-state index in [1.807, 2.05) is 0 Å². The molecule has 108 valence electrons. The van der Waals surface area contributed by atoms with Crippen LogP contribution < -0.4 is 22.7 Å². The molecule has 6 heteroatoms. The lowest BCUT2D eigenvalue weighted by molar-refractivity contribution is -0.0935. The van der Waals surface area contributed by atoms with Gasteiger partial charge in [0.15, 0.2) is 0 Å². The van der Waals surface area contributed by atoms with Crippen LogP contribution in [0.25, 0.3) is 0 Å². The van der Waals surface area contributed by atoms with Crippen molar-refractivity contribution in [3.05, 3.63) is 0 Å². The summed E-state index contributed by atoms with van der Waals surface area (Å²) in [6, 6.07) is 0.199. The molecule has 0 aromatic heterocycles. The van der Waals surface area contributed by atoms with E-state index in [4.69, 9.17) is 17.2 Å². The topological polar surface area (TPSA) is 96.6 Å². The smallest absolute Gasteiger partial charge is 0.0718 e. The number of nitrogens with one attached hydrogen (secondary N) is 1. The van der Waals surface area contributed by atoms with Crippen molar-refractivity contribution in [2.75, 3.05) is 13.1 Å². The highest BCUT2D eigenvalue weighted by Crippen LogP contribution is 2.16. The normalized spacial score (nSPS) is 28.0. The number of hydrazine groups is 2. The first-order chi connectivity index (χ1) is 8.53. The Bertz CT molecular complexity index is 193. The highest BCUT2D eigenvalue weighted by molar-refractivity contribution is 4.82. The second kappa shape index (κ2) is 7.37. The molecule has 0 amide bonds. The van der Waals surface area contributed by atoms with Gasteiger partial charge in [-0.25, -0.2) is 10.0 Å². The SMILES string of the molecule is CCC(N)C1CN(C(N)CC)NN(C(N)CC)C1. The lowest BCUT2D eigenvalue weighted by Gasteiger charge is -2.46. The number of hydrogen-bond donors (Lipinski definition) is 4. The third-order valence-electron chi connectivity index (χ3n) is 3.83. The van der Waals surface area contributed by atoms with Gasteiger partial charge in [-0.15, -0.1) is 0 Å². The molecule has 6 nitrogen and oxygen atoms in total. The molecule has 1 saturated heterocycles. The van der Waals surface area contributed by atoms with E-state index >= 15 is 0 Å². The number of nitrogens with zero attached hydrogens (tertiary/aromatic N) is 2. The lowest BCUT2D eigenvalue weighted by atomic mass is 9.96. The summed E-state index contributed by atoms with van der Waals surface area (Å²) in [7, 11) is 0. The summed E-state index contributed by atoms with van der Waals surface area (Å²) >= 11 is 0. The van der Waals surface area contributed by atoms with Crippen molar-refractivity contribution in [3.8, 4) is 0 Å². The van der Waals surface area contributed by atoms with Crippen LogP contribution in [0.3, 0.4) is 0 Å². The van der Waals surface area contributed by atoms with Crippen molar-refractivity contribution in [2.45, 2.75) is 58.4 Å². The van der Waals surface area contributed by atoms with Gasteiger partial charge < -0.3 is 17.2 Å². The van der Waals surface area contributed by atoms with E-state index < -0.39 is 0 Å². The molecule has 0 bridgehead atoms. The van der Waals surface area contributed by atoms with E-state index in [0.29, 0.717) is 5.92 Å². The number of nitrogens with two attached hydrogens (primary N) is 3. The first-order valence-electron chi connectivity index (χ1n) is 7.09. The number of hydrogen-bond acceptors (Lipinski definition) is 6. The van der Waals surface area contributed by atoms with E-state index in [2.05, 4.69) is 36.3 Å². The van der Waals surface area contributed by atoms with Crippen LogP contribution >= 0.6 is 0 Å². The molecule has 0 spiro atoms. The molecule has 18 heavy (non-hydrogen) atoms. The predicted octanol–water partition coefficient (Wildman–Crippen LogP) is -0.233. The fraction of sp³-hybridized carbons (Fsp3) is 1.00. The minimum atomic E-state index is 0.00316. The predicted molar refractivity (Wildman–Crippen MR) is 74.8 cm³/mol. The minimum Gasteiger partial charge on any atom is -0.327 e. The second-order valence-electron chi connectivity index (χ2n) is 5.19. The zero-order valence-electron chi connectivity index (χ0n) is 12.0. The summed E-state index contributed by atoms with van der Waals surface area (Å²) in [6.07, 6.45) is 2.79. The second-order valence-corrected chi connectivity index (χ2v) is 5.19. The molecule has 0 aromatic carbocycles. The standard InChI is InChI=1S/C12H30N6/c1-4-10(13)9-7-17(11(14)5-2)16-18(8-9)12(15)6-3/h9-12,16H,4-8,13-15H2,1-3H3. The summed E-state index contributed by atoms with van der Waals surface area (Å²) in [6.45, 7) is 8.06. The van der Waals surface area contributed by atoms with Crippen molar-refractivity contribution < 1.29 is 0 Å². The minimum absolute atomic E-state index is 0.00316. The van der Waals surface area contributed by atoms with Crippen molar-refractivity contribution in [2.24, 2.45) is 23.1 Å². The Balaban J connectivity index is 2.71. The molecule has 3 unspecified atom stereocenters. The van der Waals surface area contributed by atoms with Gasteiger partial charge in [-0.2, -0.15) is 5.53 Å². The molecule has 0 aliphatic carbocycles. The van der Waals surface area contributed by atoms with Crippen LogP contribution in [0.4, 0.5) is 0 Å². The van der Waals surface area contributed by atoms with E-state index in [9.17, 15) is 0 Å². The fourth-order valence-electron chi connectivity index (χ4n) is 2.27.